The van der Waals surface area contributed by atoms with Gasteiger partial charge in [-0.15, -0.1) is 0 Å². The topological polar surface area (TPSA) is 24.9 Å². The Morgan fingerprint density at radius 1 is 1.11 bits per heavy atom. The Labute approximate surface area is 160 Å². The van der Waals surface area contributed by atoms with E-state index in [1.165, 1.54) is 11.9 Å². The molecule has 1 heterocycles. The Balaban J connectivity index is -0.000000104. The minimum atomic E-state index is -0.201. The molecule has 0 atom stereocenters. The van der Waals surface area contributed by atoms with Gasteiger partial charge in [0.25, 0.3) is 0 Å². The van der Waals surface area contributed by atoms with Gasteiger partial charge >= 0.3 is 19.5 Å². The summed E-state index contributed by atoms with van der Waals surface area (Å²) < 4.78 is 0. The van der Waals surface area contributed by atoms with Crippen molar-refractivity contribution in [2.45, 2.75) is 26.6 Å². The van der Waals surface area contributed by atoms with Crippen LogP contribution in [0.15, 0.2) is 18.2 Å². The van der Waals surface area contributed by atoms with Crippen LogP contribution >= 0.6 is 7.92 Å². The molecule has 0 fully saturated rings. The Kier molecular flexibility index (Phi) is 36.6. The number of rotatable bonds is 4. The molecule has 0 unspecified atom stereocenters. The van der Waals surface area contributed by atoms with Crippen LogP contribution in [0.4, 0.5) is 0 Å². The quantitative estimate of drug-likeness (QED) is 0.433. The van der Waals surface area contributed by atoms with E-state index in [2.05, 4.69) is 41.8 Å². The standard InChI is InChI=1S/C10H17N2P.C2H6.2CH3.Ru.Y/c1-11-7-9-5-4-6-10(12-9)8-13(2)3;1-2;;;;/h4-6,11H,7-8H2,1-3H3;1-2H3;2*1H3;;/q;;2*-1;+3;/p+1. The van der Waals surface area contributed by atoms with Crippen LogP contribution in [-0.2, 0) is 64.9 Å². The molecule has 0 aliphatic heterocycles. The second kappa shape index (κ2) is 21.6. The van der Waals surface area contributed by atoms with Crippen molar-refractivity contribution in [3.8, 4) is 0 Å². The fraction of sp³-hybridized carbons (Fsp3) is 0.500. The van der Waals surface area contributed by atoms with Gasteiger partial charge in [-0.25, -0.2) is 0 Å². The van der Waals surface area contributed by atoms with Crippen LogP contribution in [-0.4, -0.2) is 25.4 Å². The number of hydrogen-bond acceptors (Lipinski definition) is 2. The van der Waals surface area contributed by atoms with E-state index < -0.39 is 0 Å². The number of nitrogens with zero attached hydrogens (tertiary/aromatic N) is 1. The molecule has 0 amide bonds. The fourth-order valence-corrected chi connectivity index (χ4v) is 2.19. The van der Waals surface area contributed by atoms with Gasteiger partial charge in [0.15, 0.2) is 0 Å². The first-order valence-corrected chi connectivity index (χ1v) is 8.31. The van der Waals surface area contributed by atoms with E-state index in [4.69, 9.17) is 0 Å². The summed E-state index contributed by atoms with van der Waals surface area (Å²) in [6.07, 6.45) is 1.17. The van der Waals surface area contributed by atoms with Crippen molar-refractivity contribution in [3.63, 3.8) is 0 Å². The Bertz CT molecular complexity index is 273. The Hall–Kier alpha value is 1.27. The van der Waals surface area contributed by atoms with Crippen molar-refractivity contribution in [2.75, 3.05) is 20.4 Å². The summed E-state index contributed by atoms with van der Waals surface area (Å²) in [6.45, 7) is 9.50. The van der Waals surface area contributed by atoms with E-state index in [0.717, 1.165) is 12.2 Å². The first kappa shape index (κ1) is 32.3. The molecule has 1 rings (SSSR count). The Morgan fingerprint density at radius 2 is 1.58 bits per heavy atom. The van der Waals surface area contributed by atoms with E-state index in [1.54, 1.807) is 0 Å². The molecule has 0 saturated carbocycles. The summed E-state index contributed by atoms with van der Waals surface area (Å²) >= 11 is 0. The summed E-state index contributed by atoms with van der Waals surface area (Å²) in [6, 6.07) is 6.29. The van der Waals surface area contributed by atoms with Gasteiger partial charge in [-0.2, -0.15) is 0 Å². The third kappa shape index (κ3) is 17.2. The van der Waals surface area contributed by atoms with Gasteiger partial charge in [0.05, 0.1) is 17.5 Å². The number of hydrogen-bond donors (Lipinski definition) is 1. The van der Waals surface area contributed by atoms with Crippen molar-refractivity contribution in [1.29, 1.82) is 0 Å². The predicted octanol–water partition coefficient (Wildman–Crippen LogP) is 3.70. The zero-order valence-corrected chi connectivity index (χ0v) is 19.1. The minimum absolute atomic E-state index is 0. The molecule has 0 saturated heterocycles. The molecule has 2 nitrogen and oxygen atoms in total. The SMILES string of the molecule is CC.CNCc1cccc(C[PH+](C)C)n1.[CH3-].[CH3-].[Ru+3].[Y]. The van der Waals surface area contributed by atoms with Crippen LogP contribution in [0, 0.1) is 14.9 Å². The van der Waals surface area contributed by atoms with Crippen molar-refractivity contribution in [1.82, 2.24) is 10.3 Å². The summed E-state index contributed by atoms with van der Waals surface area (Å²) in [4.78, 5) is 4.57. The van der Waals surface area contributed by atoms with E-state index >= 15 is 0 Å². The van der Waals surface area contributed by atoms with E-state index in [1.807, 2.05) is 20.9 Å². The first-order chi connectivity index (χ1) is 7.22. The first-order valence-electron chi connectivity index (χ1n) is 5.61. The van der Waals surface area contributed by atoms with Crippen molar-refractivity contribution < 1.29 is 52.2 Å². The minimum Gasteiger partial charge on any atom is -0.358 e. The van der Waals surface area contributed by atoms with Gasteiger partial charge in [0.1, 0.15) is 0 Å². The molecular formula is C14H30N2PRuY+2. The molecule has 19 heavy (non-hydrogen) atoms. The summed E-state index contributed by atoms with van der Waals surface area (Å²) in [5.41, 5.74) is 2.38. The smallest absolute Gasteiger partial charge is 0.358 e. The third-order valence-corrected chi connectivity index (χ3v) is 2.83. The molecule has 1 aromatic rings. The normalized spacial score (nSPS) is 7.68. The van der Waals surface area contributed by atoms with Gasteiger partial charge in [0.2, 0.25) is 0 Å². The van der Waals surface area contributed by atoms with E-state index in [-0.39, 0.29) is 75.0 Å². The van der Waals surface area contributed by atoms with Crippen LogP contribution in [0.1, 0.15) is 25.2 Å². The number of nitrogens with one attached hydrogen (secondary N) is 1. The summed E-state index contributed by atoms with van der Waals surface area (Å²) in [7, 11) is 1.75. The molecule has 0 spiro atoms. The molecule has 0 bridgehead atoms. The molecule has 1 N–H and O–H groups in total. The second-order valence-electron chi connectivity index (χ2n) is 3.53. The average Bonchev–Trinajstić information content (AvgIpc) is 2.21. The molecule has 0 aliphatic rings. The Morgan fingerprint density at radius 3 is 2.00 bits per heavy atom. The molecule has 2 radical (unpaired) electrons. The van der Waals surface area contributed by atoms with Crippen molar-refractivity contribution >= 4 is 7.92 Å². The van der Waals surface area contributed by atoms with Gasteiger partial charge in [-0.1, -0.05) is 19.9 Å². The number of aromatic nitrogens is 1. The van der Waals surface area contributed by atoms with Crippen LogP contribution in [0.2, 0.25) is 0 Å². The molecular weight excluding hydrogens is 417 g/mol. The molecule has 0 aliphatic carbocycles. The van der Waals surface area contributed by atoms with Gasteiger partial charge < -0.3 is 20.2 Å². The van der Waals surface area contributed by atoms with Gasteiger partial charge in [-0.05, 0) is 19.2 Å². The third-order valence-electron chi connectivity index (χ3n) is 1.76. The van der Waals surface area contributed by atoms with E-state index in [0.29, 0.717) is 0 Å². The van der Waals surface area contributed by atoms with Crippen molar-refractivity contribution in [2.24, 2.45) is 0 Å². The molecule has 110 valence electrons. The van der Waals surface area contributed by atoms with Crippen LogP contribution in [0.3, 0.4) is 0 Å². The van der Waals surface area contributed by atoms with Crippen molar-refractivity contribution in [3.05, 3.63) is 44.4 Å². The maximum atomic E-state index is 4.57. The maximum absolute atomic E-state index is 4.57. The number of pyridine rings is 1. The monoisotopic (exact) mass is 448 g/mol. The largest absolute Gasteiger partial charge is 3.00 e. The molecule has 0 aromatic carbocycles. The van der Waals surface area contributed by atoms with Crippen LogP contribution in [0.25, 0.3) is 0 Å². The van der Waals surface area contributed by atoms with Crippen LogP contribution < -0.4 is 5.32 Å². The average molecular weight is 447 g/mol. The van der Waals surface area contributed by atoms with Gasteiger partial charge in [-0.3, -0.25) is 4.98 Å². The predicted molar refractivity (Wildman–Crippen MR) is 85.0 cm³/mol. The zero-order chi connectivity index (χ0) is 11.7. The van der Waals surface area contributed by atoms with Crippen LogP contribution in [0.5, 0.6) is 0 Å². The van der Waals surface area contributed by atoms with E-state index in [9.17, 15) is 0 Å². The molecule has 1 aromatic heterocycles. The fourth-order valence-electron chi connectivity index (χ4n) is 1.27. The zero-order valence-electron chi connectivity index (χ0n) is 13.5. The van der Waals surface area contributed by atoms with Gasteiger partial charge in [0, 0.05) is 60.5 Å². The second-order valence-corrected chi connectivity index (χ2v) is 6.30. The summed E-state index contributed by atoms with van der Waals surface area (Å²) in [5.74, 6) is 0. The maximum Gasteiger partial charge on any atom is 3.00 e. The molecule has 5 heteroatoms. The summed E-state index contributed by atoms with van der Waals surface area (Å²) in [5, 5.41) is 3.11.